The first kappa shape index (κ1) is 9.34. The monoisotopic (exact) mass is 211 g/mol. The first-order chi connectivity index (χ1) is 6.66. The van der Waals surface area contributed by atoms with Gasteiger partial charge >= 0.3 is 6.09 Å². The molecule has 0 aromatic heterocycles. The second-order valence-corrected chi connectivity index (χ2v) is 3.71. The molecule has 0 saturated carbocycles. The van der Waals surface area contributed by atoms with E-state index in [-0.39, 0.29) is 12.2 Å². The third-order valence-corrected chi connectivity index (χ3v) is 2.49. The zero-order valence-electron chi connectivity index (χ0n) is 7.71. The maximum atomic E-state index is 10.8. The van der Waals surface area contributed by atoms with E-state index >= 15 is 0 Å². The molecule has 1 saturated heterocycles. The molecule has 1 atom stereocenters. The van der Waals surface area contributed by atoms with E-state index in [4.69, 9.17) is 16.3 Å². The van der Waals surface area contributed by atoms with Crippen LogP contribution in [0, 0.1) is 6.92 Å². The van der Waals surface area contributed by atoms with Crippen molar-refractivity contribution >= 4 is 17.7 Å². The Morgan fingerprint density at radius 3 is 2.93 bits per heavy atom. The standard InChI is InChI=1S/C10H10ClNO2/c1-6-4-7(11)2-3-8(6)9-5-12-10(13)14-9/h2-4,9H,5H2,1H3,(H,12,13). The van der Waals surface area contributed by atoms with Gasteiger partial charge in [-0.05, 0) is 30.2 Å². The van der Waals surface area contributed by atoms with Gasteiger partial charge in [-0.15, -0.1) is 0 Å². The van der Waals surface area contributed by atoms with E-state index in [0.717, 1.165) is 11.1 Å². The number of halogens is 1. The molecule has 0 bridgehead atoms. The Morgan fingerprint density at radius 1 is 1.57 bits per heavy atom. The summed E-state index contributed by atoms with van der Waals surface area (Å²) in [5, 5.41) is 3.31. The number of carbonyl (C=O) groups excluding carboxylic acids is 1. The lowest BCUT2D eigenvalue weighted by atomic mass is 10.0. The van der Waals surface area contributed by atoms with Gasteiger partial charge in [0.2, 0.25) is 0 Å². The molecule has 74 valence electrons. The van der Waals surface area contributed by atoms with Gasteiger partial charge < -0.3 is 10.1 Å². The number of benzene rings is 1. The molecule has 0 aliphatic carbocycles. The van der Waals surface area contributed by atoms with Gasteiger partial charge in [-0.3, -0.25) is 0 Å². The number of aryl methyl sites for hydroxylation is 1. The lowest BCUT2D eigenvalue weighted by Crippen LogP contribution is -2.12. The molecule has 2 rings (SSSR count). The van der Waals surface area contributed by atoms with Crippen LogP contribution >= 0.6 is 11.6 Å². The maximum Gasteiger partial charge on any atom is 0.407 e. The zero-order chi connectivity index (χ0) is 10.1. The van der Waals surface area contributed by atoms with Crippen molar-refractivity contribution in [2.75, 3.05) is 6.54 Å². The van der Waals surface area contributed by atoms with Crippen LogP contribution in [0.5, 0.6) is 0 Å². The minimum Gasteiger partial charge on any atom is -0.439 e. The molecule has 1 aliphatic heterocycles. The molecule has 1 aromatic rings. The number of rotatable bonds is 1. The Labute approximate surface area is 87.0 Å². The topological polar surface area (TPSA) is 38.3 Å². The largest absolute Gasteiger partial charge is 0.439 e. The maximum absolute atomic E-state index is 10.8. The van der Waals surface area contributed by atoms with Crippen molar-refractivity contribution < 1.29 is 9.53 Å². The number of nitrogens with one attached hydrogen (secondary N) is 1. The highest BCUT2D eigenvalue weighted by Crippen LogP contribution is 2.25. The highest BCUT2D eigenvalue weighted by molar-refractivity contribution is 6.30. The number of hydrogen-bond donors (Lipinski definition) is 1. The van der Waals surface area contributed by atoms with Gasteiger partial charge in [-0.25, -0.2) is 4.79 Å². The van der Waals surface area contributed by atoms with Gasteiger partial charge in [-0.1, -0.05) is 17.7 Å². The van der Waals surface area contributed by atoms with Crippen molar-refractivity contribution in [3.05, 3.63) is 34.3 Å². The summed E-state index contributed by atoms with van der Waals surface area (Å²) in [7, 11) is 0. The minimum atomic E-state index is -0.357. The van der Waals surface area contributed by atoms with Crippen molar-refractivity contribution in [1.82, 2.24) is 5.32 Å². The predicted octanol–water partition coefficient (Wildman–Crippen LogP) is 2.43. The van der Waals surface area contributed by atoms with Crippen LogP contribution < -0.4 is 5.32 Å². The lowest BCUT2D eigenvalue weighted by molar-refractivity contribution is 0.141. The molecule has 14 heavy (non-hydrogen) atoms. The average molecular weight is 212 g/mol. The molecule has 3 nitrogen and oxygen atoms in total. The third kappa shape index (κ3) is 1.68. The van der Waals surface area contributed by atoms with Crippen molar-refractivity contribution in [3.8, 4) is 0 Å². The van der Waals surface area contributed by atoms with Crippen LogP contribution in [-0.4, -0.2) is 12.6 Å². The number of ether oxygens (including phenoxy) is 1. The zero-order valence-corrected chi connectivity index (χ0v) is 8.47. The highest BCUT2D eigenvalue weighted by atomic mass is 35.5. The fraction of sp³-hybridized carbons (Fsp3) is 0.300. The summed E-state index contributed by atoms with van der Waals surface area (Å²) in [6.45, 7) is 2.48. The van der Waals surface area contributed by atoms with Crippen molar-refractivity contribution in [1.29, 1.82) is 0 Å². The molecule has 1 aromatic carbocycles. The van der Waals surface area contributed by atoms with Crippen LogP contribution in [0.4, 0.5) is 4.79 Å². The van der Waals surface area contributed by atoms with E-state index in [1.165, 1.54) is 0 Å². The summed E-state index contributed by atoms with van der Waals surface area (Å²) in [6, 6.07) is 5.56. The third-order valence-electron chi connectivity index (χ3n) is 2.26. The van der Waals surface area contributed by atoms with Gasteiger partial charge in [0.15, 0.2) is 0 Å². The van der Waals surface area contributed by atoms with Crippen LogP contribution in [0.25, 0.3) is 0 Å². The van der Waals surface area contributed by atoms with E-state index in [0.29, 0.717) is 11.6 Å². The van der Waals surface area contributed by atoms with Crippen molar-refractivity contribution in [2.24, 2.45) is 0 Å². The Kier molecular flexibility index (Phi) is 2.33. The molecule has 4 heteroatoms. The fourth-order valence-electron chi connectivity index (χ4n) is 1.56. The Morgan fingerprint density at radius 2 is 2.36 bits per heavy atom. The summed E-state index contributed by atoms with van der Waals surface area (Å²) < 4.78 is 5.07. The summed E-state index contributed by atoms with van der Waals surface area (Å²) in [4.78, 5) is 10.8. The number of alkyl carbamates (subject to hydrolysis) is 1. The van der Waals surface area contributed by atoms with Gasteiger partial charge in [0, 0.05) is 5.02 Å². The van der Waals surface area contributed by atoms with Crippen molar-refractivity contribution in [2.45, 2.75) is 13.0 Å². The summed E-state index contributed by atoms with van der Waals surface area (Å²) in [5.41, 5.74) is 2.05. The van der Waals surface area contributed by atoms with Crippen LogP contribution in [-0.2, 0) is 4.74 Å². The van der Waals surface area contributed by atoms with Crippen molar-refractivity contribution in [3.63, 3.8) is 0 Å². The second-order valence-electron chi connectivity index (χ2n) is 3.28. The van der Waals surface area contributed by atoms with Gasteiger partial charge in [0.05, 0.1) is 6.54 Å². The molecule has 0 radical (unpaired) electrons. The molecule has 1 unspecified atom stereocenters. The average Bonchev–Trinajstić information content (AvgIpc) is 2.51. The Balaban J connectivity index is 2.28. The SMILES string of the molecule is Cc1cc(Cl)ccc1C1CNC(=O)O1. The van der Waals surface area contributed by atoms with Crippen LogP contribution in [0.15, 0.2) is 18.2 Å². The summed E-state index contributed by atoms with van der Waals surface area (Å²) in [5.74, 6) is 0. The molecule has 1 aliphatic rings. The molecule has 1 amide bonds. The minimum absolute atomic E-state index is 0.181. The van der Waals surface area contributed by atoms with Gasteiger partial charge in [-0.2, -0.15) is 0 Å². The fourth-order valence-corrected chi connectivity index (χ4v) is 1.79. The molecule has 0 spiro atoms. The number of hydrogen-bond acceptors (Lipinski definition) is 2. The predicted molar refractivity (Wildman–Crippen MR) is 53.4 cm³/mol. The van der Waals surface area contributed by atoms with Crippen LogP contribution in [0.1, 0.15) is 17.2 Å². The summed E-state index contributed by atoms with van der Waals surface area (Å²) in [6.07, 6.45) is -0.538. The van der Waals surface area contributed by atoms with E-state index in [1.807, 2.05) is 19.1 Å². The number of amides is 1. The second kappa shape index (κ2) is 3.50. The number of carbonyl (C=O) groups is 1. The molecule has 1 fully saturated rings. The first-order valence-electron chi connectivity index (χ1n) is 4.37. The summed E-state index contributed by atoms with van der Waals surface area (Å²) >= 11 is 5.83. The Hall–Kier alpha value is -1.22. The van der Waals surface area contributed by atoms with E-state index < -0.39 is 0 Å². The van der Waals surface area contributed by atoms with Crippen LogP contribution in [0.2, 0.25) is 5.02 Å². The van der Waals surface area contributed by atoms with Gasteiger partial charge in [0.1, 0.15) is 6.10 Å². The smallest absolute Gasteiger partial charge is 0.407 e. The molecule has 1 heterocycles. The number of cyclic esters (lactones) is 1. The van der Waals surface area contributed by atoms with Crippen LogP contribution in [0.3, 0.4) is 0 Å². The molecule has 1 N–H and O–H groups in total. The first-order valence-corrected chi connectivity index (χ1v) is 4.75. The van der Waals surface area contributed by atoms with E-state index in [1.54, 1.807) is 6.07 Å². The highest BCUT2D eigenvalue weighted by Gasteiger charge is 2.25. The normalized spacial score (nSPS) is 20.4. The molecular formula is C10H10ClNO2. The lowest BCUT2D eigenvalue weighted by Gasteiger charge is -2.11. The van der Waals surface area contributed by atoms with E-state index in [9.17, 15) is 4.79 Å². The quantitative estimate of drug-likeness (QED) is 0.775. The van der Waals surface area contributed by atoms with Gasteiger partial charge in [0.25, 0.3) is 0 Å². The molecular weight excluding hydrogens is 202 g/mol. The van der Waals surface area contributed by atoms with E-state index in [2.05, 4.69) is 5.32 Å². The Bertz CT molecular complexity index is 378.